The van der Waals surface area contributed by atoms with E-state index in [2.05, 4.69) is 0 Å². The van der Waals surface area contributed by atoms with Crippen LogP contribution in [-0.2, 0) is 23.7 Å². The Morgan fingerprint density at radius 1 is 1.10 bits per heavy atom. The van der Waals surface area contributed by atoms with Crippen molar-refractivity contribution >= 4 is 0 Å². The first kappa shape index (κ1) is 14.6. The fraction of sp³-hybridized carbons (Fsp3) is 1.00. The third kappa shape index (κ3) is 2.09. The van der Waals surface area contributed by atoms with Gasteiger partial charge in [0.1, 0.15) is 18.3 Å². The zero-order chi connectivity index (χ0) is 14.8. The number of aliphatic hydroxyl groups excluding tert-OH is 2. The highest BCUT2D eigenvalue weighted by molar-refractivity contribution is 5.09. The molecule has 0 aliphatic carbocycles. The smallest absolute Gasteiger partial charge is 0.189 e. The molecule has 20 heavy (non-hydrogen) atoms. The normalized spacial score (nSPS) is 49.5. The van der Waals surface area contributed by atoms with Gasteiger partial charge in [-0.1, -0.05) is 0 Å². The van der Waals surface area contributed by atoms with Gasteiger partial charge in [-0.15, -0.1) is 0 Å². The molecule has 0 aromatic heterocycles. The van der Waals surface area contributed by atoms with Crippen molar-refractivity contribution in [1.82, 2.24) is 0 Å². The van der Waals surface area contributed by atoms with Crippen molar-refractivity contribution in [2.24, 2.45) is 0 Å². The lowest BCUT2D eigenvalue weighted by Gasteiger charge is -2.27. The number of fused-ring (bicyclic) bond motifs is 1. The van der Waals surface area contributed by atoms with E-state index in [4.69, 9.17) is 23.7 Å². The van der Waals surface area contributed by atoms with Crippen LogP contribution in [-0.4, -0.2) is 65.2 Å². The molecule has 3 saturated heterocycles. The number of hydrogen-bond donors (Lipinski definition) is 2. The quantitative estimate of drug-likeness (QED) is 0.724. The highest BCUT2D eigenvalue weighted by Crippen LogP contribution is 2.48. The molecule has 7 heteroatoms. The molecule has 3 fully saturated rings. The Balaban J connectivity index is 1.85. The Bertz CT molecular complexity index is 396. The minimum Gasteiger partial charge on any atom is -0.393 e. The third-order valence-electron chi connectivity index (χ3n) is 3.97. The van der Waals surface area contributed by atoms with Crippen LogP contribution in [0.5, 0.6) is 0 Å². The summed E-state index contributed by atoms with van der Waals surface area (Å²) in [7, 11) is 0. The molecule has 3 aliphatic rings. The van der Waals surface area contributed by atoms with Crippen LogP contribution in [0.2, 0.25) is 0 Å². The molecular formula is C13H22O7. The summed E-state index contributed by atoms with van der Waals surface area (Å²) < 4.78 is 28.4. The summed E-state index contributed by atoms with van der Waals surface area (Å²) in [6.07, 6.45) is -2.81. The van der Waals surface area contributed by atoms with E-state index in [1.54, 1.807) is 13.8 Å². The maximum atomic E-state index is 10.2. The summed E-state index contributed by atoms with van der Waals surface area (Å²) in [5, 5.41) is 19.8. The van der Waals surface area contributed by atoms with Crippen LogP contribution in [0.25, 0.3) is 0 Å². The molecule has 0 aromatic carbocycles. The Kier molecular flexibility index (Phi) is 3.19. The van der Waals surface area contributed by atoms with Crippen molar-refractivity contribution < 1.29 is 33.9 Å². The number of aliphatic hydroxyl groups is 2. The van der Waals surface area contributed by atoms with E-state index < -0.39 is 42.3 Å². The Labute approximate surface area is 117 Å². The van der Waals surface area contributed by atoms with Crippen LogP contribution in [0, 0.1) is 0 Å². The molecule has 5 atom stereocenters. The van der Waals surface area contributed by atoms with Gasteiger partial charge in [0.2, 0.25) is 0 Å². The van der Waals surface area contributed by atoms with E-state index in [0.717, 1.165) is 0 Å². The van der Waals surface area contributed by atoms with Crippen LogP contribution >= 0.6 is 0 Å². The van der Waals surface area contributed by atoms with Crippen LogP contribution < -0.4 is 0 Å². The first-order chi connectivity index (χ1) is 9.19. The number of ether oxygens (including phenoxy) is 5. The second-order valence-corrected chi connectivity index (χ2v) is 6.47. The fourth-order valence-electron chi connectivity index (χ4n) is 3.18. The zero-order valence-electron chi connectivity index (χ0n) is 12.2. The molecular weight excluding hydrogens is 268 g/mol. The summed E-state index contributed by atoms with van der Waals surface area (Å²) in [4.78, 5) is 0. The maximum Gasteiger partial charge on any atom is 0.189 e. The van der Waals surface area contributed by atoms with Gasteiger partial charge in [0, 0.05) is 0 Å². The minimum absolute atomic E-state index is 0.339. The van der Waals surface area contributed by atoms with Crippen LogP contribution in [0.1, 0.15) is 27.7 Å². The first-order valence-electron chi connectivity index (χ1n) is 6.83. The summed E-state index contributed by atoms with van der Waals surface area (Å²) in [6, 6.07) is 0. The predicted octanol–water partition coefficient (Wildman–Crippen LogP) is -0.262. The molecule has 0 bridgehead atoms. The summed E-state index contributed by atoms with van der Waals surface area (Å²) >= 11 is 0. The van der Waals surface area contributed by atoms with Crippen molar-refractivity contribution in [2.75, 3.05) is 13.2 Å². The lowest BCUT2D eigenvalue weighted by Crippen LogP contribution is -2.51. The van der Waals surface area contributed by atoms with Gasteiger partial charge in [0.05, 0.1) is 13.2 Å². The van der Waals surface area contributed by atoms with E-state index >= 15 is 0 Å². The van der Waals surface area contributed by atoms with Crippen LogP contribution in [0.3, 0.4) is 0 Å². The number of rotatable bonds is 2. The van der Waals surface area contributed by atoms with Gasteiger partial charge in [0.15, 0.2) is 23.5 Å². The second kappa shape index (κ2) is 4.36. The first-order valence-corrected chi connectivity index (χ1v) is 6.83. The molecule has 3 heterocycles. The molecule has 116 valence electrons. The summed E-state index contributed by atoms with van der Waals surface area (Å²) in [6.45, 7) is 7.05. The van der Waals surface area contributed by atoms with E-state index in [0.29, 0.717) is 6.61 Å². The van der Waals surface area contributed by atoms with Gasteiger partial charge in [-0.05, 0) is 27.7 Å². The molecule has 7 nitrogen and oxygen atoms in total. The second-order valence-electron chi connectivity index (χ2n) is 6.47. The molecule has 2 N–H and O–H groups in total. The average molecular weight is 290 g/mol. The zero-order valence-corrected chi connectivity index (χ0v) is 12.2. The average Bonchev–Trinajstić information content (AvgIpc) is 2.90. The van der Waals surface area contributed by atoms with E-state index in [9.17, 15) is 10.2 Å². The van der Waals surface area contributed by atoms with Gasteiger partial charge >= 0.3 is 0 Å². The van der Waals surface area contributed by atoms with Crippen molar-refractivity contribution in [3.63, 3.8) is 0 Å². The highest BCUT2D eigenvalue weighted by atomic mass is 16.8. The third-order valence-corrected chi connectivity index (χ3v) is 3.97. The molecule has 0 radical (unpaired) electrons. The Hall–Kier alpha value is -0.280. The van der Waals surface area contributed by atoms with Crippen LogP contribution in [0.15, 0.2) is 0 Å². The SMILES string of the molecule is CC1(C)OC[C@@H]([C@H]2OC(O)[C@@]3(CO)OC(C)(C)O[C@@H]23)O1. The molecule has 1 unspecified atom stereocenters. The van der Waals surface area contributed by atoms with Gasteiger partial charge in [-0.3, -0.25) is 0 Å². The molecule has 0 spiro atoms. The summed E-state index contributed by atoms with van der Waals surface area (Å²) in [5.41, 5.74) is -1.27. The molecule has 0 amide bonds. The van der Waals surface area contributed by atoms with Crippen LogP contribution in [0.4, 0.5) is 0 Å². The molecule has 3 rings (SSSR count). The van der Waals surface area contributed by atoms with Gasteiger partial charge in [-0.25, -0.2) is 0 Å². The minimum atomic E-state index is -1.27. The van der Waals surface area contributed by atoms with E-state index in [1.165, 1.54) is 0 Å². The Morgan fingerprint density at radius 2 is 1.80 bits per heavy atom. The van der Waals surface area contributed by atoms with E-state index in [1.807, 2.05) is 13.8 Å². The van der Waals surface area contributed by atoms with Crippen molar-refractivity contribution in [3.8, 4) is 0 Å². The largest absolute Gasteiger partial charge is 0.393 e. The van der Waals surface area contributed by atoms with Crippen molar-refractivity contribution in [1.29, 1.82) is 0 Å². The Morgan fingerprint density at radius 3 is 2.35 bits per heavy atom. The predicted molar refractivity (Wildman–Crippen MR) is 65.6 cm³/mol. The number of hydrogen-bond acceptors (Lipinski definition) is 7. The van der Waals surface area contributed by atoms with Gasteiger partial charge in [0.25, 0.3) is 0 Å². The monoisotopic (exact) mass is 290 g/mol. The van der Waals surface area contributed by atoms with Crippen molar-refractivity contribution in [3.05, 3.63) is 0 Å². The van der Waals surface area contributed by atoms with Gasteiger partial charge in [-0.2, -0.15) is 0 Å². The summed E-state index contributed by atoms with van der Waals surface area (Å²) in [5.74, 6) is -1.59. The fourth-order valence-corrected chi connectivity index (χ4v) is 3.18. The standard InChI is InChI=1S/C13H22O7/c1-11(2)16-5-7(18-11)8-9-13(6-14,10(15)17-8)20-12(3,4)19-9/h7-10,14-15H,5-6H2,1-4H3/t7-,8+,9-,10?,13-/m0/s1. The lowest BCUT2D eigenvalue weighted by molar-refractivity contribution is -0.261. The molecule has 0 aromatic rings. The maximum absolute atomic E-state index is 10.2. The highest BCUT2D eigenvalue weighted by Gasteiger charge is 2.68. The van der Waals surface area contributed by atoms with E-state index in [-0.39, 0.29) is 6.10 Å². The van der Waals surface area contributed by atoms with Crippen molar-refractivity contribution in [2.45, 2.75) is 69.5 Å². The molecule has 3 aliphatic heterocycles. The molecule has 0 saturated carbocycles. The van der Waals surface area contributed by atoms with Gasteiger partial charge < -0.3 is 33.9 Å². The lowest BCUT2D eigenvalue weighted by atomic mass is 9.94. The topological polar surface area (TPSA) is 86.6 Å².